The molecule has 0 amide bonds. The summed E-state index contributed by atoms with van der Waals surface area (Å²) in [5.41, 5.74) is 0.332. The zero-order valence-electron chi connectivity index (χ0n) is 8.35. The molecule has 0 radical (unpaired) electrons. The highest BCUT2D eigenvalue weighted by molar-refractivity contribution is 7.10. The van der Waals surface area contributed by atoms with Crippen molar-refractivity contribution in [2.75, 3.05) is 12.4 Å². The lowest BCUT2D eigenvalue weighted by Crippen LogP contribution is -2.22. The minimum absolute atomic E-state index is 0.305. The Morgan fingerprint density at radius 1 is 1.62 bits per heavy atom. The summed E-state index contributed by atoms with van der Waals surface area (Å²) in [4.78, 5) is 15.1. The number of nitrogens with one attached hydrogen (secondary N) is 1. The summed E-state index contributed by atoms with van der Waals surface area (Å²) < 4.78 is 5.19. The van der Waals surface area contributed by atoms with E-state index >= 15 is 0 Å². The average molecular weight is 258 g/mol. The number of rotatable bonds is 3. The van der Waals surface area contributed by atoms with E-state index in [4.69, 9.17) is 11.6 Å². The second kappa shape index (κ2) is 4.58. The molecule has 0 spiro atoms. The second-order valence-electron chi connectivity index (χ2n) is 2.98. The Morgan fingerprint density at radius 3 is 3.19 bits per heavy atom. The van der Waals surface area contributed by atoms with Crippen molar-refractivity contribution in [2.24, 2.45) is 0 Å². The van der Waals surface area contributed by atoms with Crippen molar-refractivity contribution < 1.29 is 0 Å². The maximum atomic E-state index is 11.4. The topological polar surface area (TPSA) is 72.7 Å². The van der Waals surface area contributed by atoms with Gasteiger partial charge >= 0.3 is 5.69 Å². The molecule has 0 atom stereocenters. The van der Waals surface area contributed by atoms with E-state index in [0.29, 0.717) is 17.3 Å². The van der Waals surface area contributed by atoms with Crippen LogP contribution in [0.2, 0.25) is 5.02 Å². The molecular formula is C8H8ClN5OS. The molecule has 0 aliphatic heterocycles. The minimum atomic E-state index is -0.362. The third-order valence-corrected chi connectivity index (χ3v) is 2.91. The fourth-order valence-corrected chi connectivity index (χ4v) is 1.89. The fourth-order valence-electron chi connectivity index (χ4n) is 1.21. The van der Waals surface area contributed by atoms with Crippen LogP contribution in [0.3, 0.4) is 0 Å². The van der Waals surface area contributed by atoms with Crippen LogP contribution in [0.1, 0.15) is 5.69 Å². The molecule has 0 aromatic carbocycles. The highest BCUT2D eigenvalue weighted by Crippen LogP contribution is 2.17. The van der Waals surface area contributed by atoms with Crippen LogP contribution in [0.25, 0.3) is 0 Å². The molecule has 1 N–H and O–H groups in total. The van der Waals surface area contributed by atoms with Gasteiger partial charge in [-0.25, -0.2) is 9.78 Å². The Kier molecular flexibility index (Phi) is 3.16. The maximum absolute atomic E-state index is 11.4. The molecule has 84 valence electrons. The van der Waals surface area contributed by atoms with Crippen LogP contribution in [0.5, 0.6) is 0 Å². The lowest BCUT2D eigenvalue weighted by Gasteiger charge is -2.03. The Bertz CT molecular complexity index is 551. The molecule has 8 heteroatoms. The van der Waals surface area contributed by atoms with Crippen LogP contribution < -0.4 is 11.0 Å². The van der Waals surface area contributed by atoms with Gasteiger partial charge in [-0.05, 0) is 0 Å². The van der Waals surface area contributed by atoms with E-state index in [0.717, 1.165) is 5.00 Å². The van der Waals surface area contributed by atoms with Crippen LogP contribution >= 0.6 is 23.1 Å². The average Bonchev–Trinajstić information content (AvgIpc) is 2.71. The van der Waals surface area contributed by atoms with E-state index in [-0.39, 0.29) is 5.69 Å². The van der Waals surface area contributed by atoms with Gasteiger partial charge in [0.2, 0.25) is 0 Å². The monoisotopic (exact) mass is 257 g/mol. The summed E-state index contributed by atoms with van der Waals surface area (Å²) in [6.45, 7) is 0.305. The molecule has 2 aromatic rings. The molecular weight excluding hydrogens is 250 g/mol. The summed E-state index contributed by atoms with van der Waals surface area (Å²) in [5, 5.41) is 8.12. The van der Waals surface area contributed by atoms with Crippen LogP contribution in [0.4, 0.5) is 5.00 Å². The van der Waals surface area contributed by atoms with E-state index in [1.807, 2.05) is 0 Å². The van der Waals surface area contributed by atoms with E-state index < -0.39 is 0 Å². The Hall–Kier alpha value is -1.47. The van der Waals surface area contributed by atoms with E-state index in [2.05, 4.69) is 19.9 Å². The van der Waals surface area contributed by atoms with Gasteiger partial charge in [-0.15, -0.1) is 5.10 Å². The van der Waals surface area contributed by atoms with Crippen molar-refractivity contribution in [3.05, 3.63) is 33.6 Å². The smallest absolute Gasteiger partial charge is 0.347 e. The van der Waals surface area contributed by atoms with Gasteiger partial charge in [-0.2, -0.15) is 0 Å². The van der Waals surface area contributed by atoms with Crippen LogP contribution in [-0.2, 0) is 6.54 Å². The van der Waals surface area contributed by atoms with Gasteiger partial charge in [-0.3, -0.25) is 4.57 Å². The van der Waals surface area contributed by atoms with Crippen molar-refractivity contribution in [3.63, 3.8) is 0 Å². The maximum Gasteiger partial charge on any atom is 0.347 e. The van der Waals surface area contributed by atoms with Crippen LogP contribution in [0.15, 0.2) is 17.2 Å². The molecule has 0 aliphatic rings. The lowest BCUT2D eigenvalue weighted by atomic mass is 10.4. The molecule has 2 heterocycles. The Morgan fingerprint density at radius 2 is 2.44 bits per heavy atom. The van der Waals surface area contributed by atoms with E-state index in [1.165, 1.54) is 28.5 Å². The molecule has 16 heavy (non-hydrogen) atoms. The number of hydrogen-bond donors (Lipinski definition) is 1. The highest BCUT2D eigenvalue weighted by Gasteiger charge is 2.08. The van der Waals surface area contributed by atoms with Gasteiger partial charge in [0, 0.05) is 24.8 Å². The predicted octanol–water partition coefficient (Wildman–Crippen LogP) is 0.838. The molecule has 0 bridgehead atoms. The molecule has 0 saturated carbocycles. The van der Waals surface area contributed by atoms with Gasteiger partial charge in [0.05, 0.1) is 17.8 Å². The summed E-state index contributed by atoms with van der Waals surface area (Å²) in [6, 6.07) is 0. The molecule has 0 unspecified atom stereocenters. The van der Waals surface area contributed by atoms with E-state index in [1.54, 1.807) is 7.05 Å². The van der Waals surface area contributed by atoms with Crippen molar-refractivity contribution in [1.29, 1.82) is 0 Å². The number of anilines is 1. The Balaban J connectivity index is 2.33. The minimum Gasteiger partial charge on any atom is -0.377 e. The van der Waals surface area contributed by atoms with Crippen LogP contribution in [-0.4, -0.2) is 26.2 Å². The molecule has 0 fully saturated rings. The van der Waals surface area contributed by atoms with Gasteiger partial charge in [-0.1, -0.05) is 16.1 Å². The zero-order valence-corrected chi connectivity index (χ0v) is 9.92. The third-order valence-electron chi connectivity index (χ3n) is 1.93. The summed E-state index contributed by atoms with van der Waals surface area (Å²) in [6.07, 6.45) is 2.84. The summed E-state index contributed by atoms with van der Waals surface area (Å²) >= 11 is 7.00. The standard InChI is InChI=1S/C8H8ClN5OS/c1-10-7-6(12-13-16-7)4-14-3-5(9)2-11-8(14)15/h2-3,10H,4H2,1H3. The van der Waals surface area contributed by atoms with Gasteiger partial charge in [0.25, 0.3) is 0 Å². The van der Waals surface area contributed by atoms with Crippen molar-refractivity contribution >= 4 is 28.1 Å². The van der Waals surface area contributed by atoms with Crippen molar-refractivity contribution in [2.45, 2.75) is 6.54 Å². The van der Waals surface area contributed by atoms with Gasteiger partial charge in [0.15, 0.2) is 0 Å². The van der Waals surface area contributed by atoms with Gasteiger partial charge in [0.1, 0.15) is 10.7 Å². The fraction of sp³-hybridized carbons (Fsp3) is 0.250. The number of hydrogen-bond acceptors (Lipinski definition) is 6. The van der Waals surface area contributed by atoms with Gasteiger partial charge < -0.3 is 5.32 Å². The molecule has 2 aromatic heterocycles. The van der Waals surface area contributed by atoms with Crippen molar-refractivity contribution in [1.82, 2.24) is 19.1 Å². The summed E-state index contributed by atoms with van der Waals surface area (Å²) in [5.74, 6) is 0. The molecule has 6 nitrogen and oxygen atoms in total. The Labute approximate surface area is 100 Å². The highest BCUT2D eigenvalue weighted by atomic mass is 35.5. The number of aromatic nitrogens is 4. The first kappa shape index (κ1) is 11.0. The quantitative estimate of drug-likeness (QED) is 0.882. The second-order valence-corrected chi connectivity index (χ2v) is 4.17. The SMILES string of the molecule is CNc1snnc1Cn1cc(Cl)cnc1=O. The first-order chi connectivity index (χ1) is 7.70. The largest absolute Gasteiger partial charge is 0.377 e. The van der Waals surface area contributed by atoms with E-state index in [9.17, 15) is 4.79 Å². The molecule has 0 aliphatic carbocycles. The third kappa shape index (κ3) is 2.20. The van der Waals surface area contributed by atoms with Crippen LogP contribution in [0, 0.1) is 0 Å². The first-order valence-electron chi connectivity index (χ1n) is 4.41. The predicted molar refractivity (Wildman–Crippen MR) is 62.1 cm³/mol. The molecule has 2 rings (SSSR count). The zero-order chi connectivity index (χ0) is 11.5. The normalized spacial score (nSPS) is 10.4. The van der Waals surface area contributed by atoms with Crippen molar-refractivity contribution in [3.8, 4) is 0 Å². The number of nitrogens with zero attached hydrogens (tertiary/aromatic N) is 4. The summed E-state index contributed by atoms with van der Waals surface area (Å²) in [7, 11) is 1.78. The number of halogens is 1. The molecule has 0 saturated heterocycles. The lowest BCUT2D eigenvalue weighted by molar-refractivity contribution is 0.709. The first-order valence-corrected chi connectivity index (χ1v) is 5.57.